The lowest BCUT2D eigenvalue weighted by Gasteiger charge is -2.23. The Morgan fingerprint density at radius 3 is 2.82 bits per heavy atom. The van der Waals surface area contributed by atoms with Crippen molar-refractivity contribution in [1.82, 2.24) is 4.98 Å². The van der Waals surface area contributed by atoms with Gasteiger partial charge < -0.3 is 15.2 Å². The van der Waals surface area contributed by atoms with Crippen LogP contribution in [0.15, 0.2) is 12.3 Å². The Kier molecular flexibility index (Phi) is 4.01. The SMILES string of the molecule is COC(C)(C)CNc1ncc(F)cc1C(=O)O. The Labute approximate surface area is 98.6 Å². The number of methoxy groups -OCH3 is 1. The highest BCUT2D eigenvalue weighted by Crippen LogP contribution is 2.15. The fraction of sp³-hybridized carbons (Fsp3) is 0.455. The van der Waals surface area contributed by atoms with Crippen LogP contribution in [0.3, 0.4) is 0 Å². The molecule has 0 fully saturated rings. The molecule has 5 nitrogen and oxygen atoms in total. The molecule has 0 aliphatic carbocycles. The topological polar surface area (TPSA) is 71.5 Å². The van der Waals surface area contributed by atoms with E-state index in [0.717, 1.165) is 12.3 Å². The molecule has 1 aromatic heterocycles. The average Bonchev–Trinajstić information content (AvgIpc) is 2.27. The highest BCUT2D eigenvalue weighted by atomic mass is 19.1. The first-order valence-electron chi connectivity index (χ1n) is 5.03. The summed E-state index contributed by atoms with van der Waals surface area (Å²) < 4.78 is 18.0. The molecule has 0 unspecified atom stereocenters. The summed E-state index contributed by atoms with van der Waals surface area (Å²) in [5.41, 5.74) is -0.664. The third-order valence-corrected chi connectivity index (χ3v) is 2.32. The zero-order chi connectivity index (χ0) is 13.1. The smallest absolute Gasteiger partial charge is 0.339 e. The van der Waals surface area contributed by atoms with Gasteiger partial charge in [0.15, 0.2) is 0 Å². The highest BCUT2D eigenvalue weighted by molar-refractivity contribution is 5.93. The summed E-state index contributed by atoms with van der Waals surface area (Å²) in [4.78, 5) is 14.6. The molecule has 0 amide bonds. The Hall–Kier alpha value is -1.69. The van der Waals surface area contributed by atoms with Crippen LogP contribution >= 0.6 is 0 Å². The fourth-order valence-electron chi connectivity index (χ4n) is 1.11. The second kappa shape index (κ2) is 5.09. The Balaban J connectivity index is 2.88. The first-order chi connectivity index (χ1) is 7.85. The van der Waals surface area contributed by atoms with E-state index in [-0.39, 0.29) is 11.4 Å². The molecule has 6 heteroatoms. The van der Waals surface area contributed by atoms with Crippen LogP contribution in [0.4, 0.5) is 10.2 Å². The molecule has 0 saturated heterocycles. The van der Waals surface area contributed by atoms with Crippen LogP contribution in [0.2, 0.25) is 0 Å². The molecule has 0 saturated carbocycles. The van der Waals surface area contributed by atoms with E-state index in [1.165, 1.54) is 0 Å². The number of pyridine rings is 1. The van der Waals surface area contributed by atoms with Crippen molar-refractivity contribution in [3.05, 3.63) is 23.6 Å². The summed E-state index contributed by atoms with van der Waals surface area (Å²) in [5, 5.41) is 11.7. The van der Waals surface area contributed by atoms with E-state index in [2.05, 4.69) is 10.3 Å². The van der Waals surface area contributed by atoms with Gasteiger partial charge in [-0.3, -0.25) is 0 Å². The van der Waals surface area contributed by atoms with Crippen LogP contribution in [0.1, 0.15) is 24.2 Å². The van der Waals surface area contributed by atoms with Crippen LogP contribution in [0.5, 0.6) is 0 Å². The van der Waals surface area contributed by atoms with E-state index in [9.17, 15) is 9.18 Å². The van der Waals surface area contributed by atoms with Crippen LogP contribution < -0.4 is 5.32 Å². The minimum Gasteiger partial charge on any atom is -0.478 e. The molecule has 94 valence electrons. The molecular weight excluding hydrogens is 227 g/mol. The van der Waals surface area contributed by atoms with Gasteiger partial charge in [0.25, 0.3) is 0 Å². The van der Waals surface area contributed by atoms with Crippen molar-refractivity contribution in [2.24, 2.45) is 0 Å². The molecule has 0 aliphatic heterocycles. The zero-order valence-electron chi connectivity index (χ0n) is 9.95. The number of carboxylic acid groups (broad SMARTS) is 1. The largest absolute Gasteiger partial charge is 0.478 e. The summed E-state index contributed by atoms with van der Waals surface area (Å²) in [6, 6.07) is 0.928. The van der Waals surface area contributed by atoms with Crippen molar-refractivity contribution < 1.29 is 19.0 Å². The van der Waals surface area contributed by atoms with Crippen molar-refractivity contribution >= 4 is 11.8 Å². The van der Waals surface area contributed by atoms with Crippen LogP contribution in [0, 0.1) is 5.82 Å². The molecule has 0 radical (unpaired) electrons. The van der Waals surface area contributed by atoms with E-state index < -0.39 is 17.4 Å². The minimum absolute atomic E-state index is 0.129. The van der Waals surface area contributed by atoms with Crippen molar-refractivity contribution in [3.63, 3.8) is 0 Å². The number of aromatic carboxylic acids is 1. The summed E-state index contributed by atoms with van der Waals surface area (Å²) in [6.07, 6.45) is 0.967. The number of hydrogen-bond acceptors (Lipinski definition) is 4. The third kappa shape index (κ3) is 3.67. The molecule has 17 heavy (non-hydrogen) atoms. The molecule has 1 rings (SSSR count). The summed E-state index contributed by atoms with van der Waals surface area (Å²) in [5.74, 6) is -1.78. The Morgan fingerprint density at radius 2 is 2.29 bits per heavy atom. The maximum absolute atomic E-state index is 12.9. The molecule has 0 aliphatic rings. The lowest BCUT2D eigenvalue weighted by atomic mass is 10.1. The van der Waals surface area contributed by atoms with Gasteiger partial charge >= 0.3 is 5.97 Å². The van der Waals surface area contributed by atoms with Crippen molar-refractivity contribution in [2.45, 2.75) is 19.4 Å². The second-order valence-corrected chi connectivity index (χ2v) is 4.17. The Bertz CT molecular complexity index is 421. The number of ether oxygens (including phenoxy) is 1. The van der Waals surface area contributed by atoms with Gasteiger partial charge in [-0.15, -0.1) is 0 Å². The summed E-state index contributed by atoms with van der Waals surface area (Å²) in [7, 11) is 1.55. The Morgan fingerprint density at radius 1 is 1.65 bits per heavy atom. The first kappa shape index (κ1) is 13.4. The number of aromatic nitrogens is 1. The predicted molar refractivity (Wildman–Crippen MR) is 60.7 cm³/mol. The van der Waals surface area contributed by atoms with Gasteiger partial charge in [-0.25, -0.2) is 14.2 Å². The summed E-state index contributed by atoms with van der Waals surface area (Å²) >= 11 is 0. The number of halogens is 1. The van der Waals surface area contributed by atoms with Crippen molar-refractivity contribution in [3.8, 4) is 0 Å². The standard InChI is InChI=1S/C11H15FN2O3/c1-11(2,17-3)6-14-9-8(10(15)16)4-7(12)5-13-9/h4-5H,6H2,1-3H3,(H,13,14)(H,15,16). The van der Waals surface area contributed by atoms with Gasteiger partial charge in [-0.1, -0.05) is 0 Å². The van der Waals surface area contributed by atoms with E-state index in [1.807, 2.05) is 13.8 Å². The molecular formula is C11H15FN2O3. The maximum Gasteiger partial charge on any atom is 0.339 e. The van der Waals surface area contributed by atoms with Crippen molar-refractivity contribution in [1.29, 1.82) is 0 Å². The average molecular weight is 242 g/mol. The van der Waals surface area contributed by atoms with Crippen LogP contribution in [-0.4, -0.2) is 35.3 Å². The lowest BCUT2D eigenvalue weighted by Crippen LogP contribution is -2.32. The predicted octanol–water partition coefficient (Wildman–Crippen LogP) is 1.76. The molecule has 0 spiro atoms. The van der Waals surface area contributed by atoms with Gasteiger partial charge in [0.05, 0.1) is 11.8 Å². The molecule has 0 aromatic carbocycles. The number of anilines is 1. The van der Waals surface area contributed by atoms with Gasteiger partial charge in [0.2, 0.25) is 0 Å². The zero-order valence-corrected chi connectivity index (χ0v) is 9.95. The molecule has 2 N–H and O–H groups in total. The van der Waals surface area contributed by atoms with Crippen LogP contribution in [0.25, 0.3) is 0 Å². The minimum atomic E-state index is -1.23. The second-order valence-electron chi connectivity index (χ2n) is 4.17. The first-order valence-corrected chi connectivity index (χ1v) is 5.03. The highest BCUT2D eigenvalue weighted by Gasteiger charge is 2.19. The fourth-order valence-corrected chi connectivity index (χ4v) is 1.11. The molecule has 1 heterocycles. The lowest BCUT2D eigenvalue weighted by molar-refractivity contribution is 0.0342. The van der Waals surface area contributed by atoms with E-state index in [0.29, 0.717) is 6.54 Å². The van der Waals surface area contributed by atoms with Crippen molar-refractivity contribution in [2.75, 3.05) is 19.0 Å². The van der Waals surface area contributed by atoms with E-state index in [1.54, 1.807) is 7.11 Å². The number of carbonyl (C=O) groups is 1. The number of hydrogen-bond donors (Lipinski definition) is 2. The number of nitrogens with zero attached hydrogens (tertiary/aromatic N) is 1. The maximum atomic E-state index is 12.9. The monoisotopic (exact) mass is 242 g/mol. The number of nitrogens with one attached hydrogen (secondary N) is 1. The van der Waals surface area contributed by atoms with Gasteiger partial charge in [-0.05, 0) is 19.9 Å². The molecule has 0 atom stereocenters. The van der Waals surface area contributed by atoms with E-state index in [4.69, 9.17) is 9.84 Å². The van der Waals surface area contributed by atoms with Gasteiger partial charge in [0, 0.05) is 13.7 Å². The number of rotatable bonds is 5. The number of carboxylic acids is 1. The van der Waals surface area contributed by atoms with E-state index >= 15 is 0 Å². The quantitative estimate of drug-likeness (QED) is 0.823. The molecule has 1 aromatic rings. The van der Waals surface area contributed by atoms with Gasteiger partial charge in [-0.2, -0.15) is 0 Å². The van der Waals surface area contributed by atoms with Gasteiger partial charge in [0.1, 0.15) is 17.2 Å². The molecule has 0 bridgehead atoms. The van der Waals surface area contributed by atoms with Crippen LogP contribution in [-0.2, 0) is 4.74 Å². The third-order valence-electron chi connectivity index (χ3n) is 2.32. The normalized spacial score (nSPS) is 11.3. The summed E-state index contributed by atoms with van der Waals surface area (Å²) in [6.45, 7) is 4.04.